The maximum absolute atomic E-state index is 12.3. The summed E-state index contributed by atoms with van der Waals surface area (Å²) in [6.45, 7) is 12.1. The molecule has 0 aromatic heterocycles. The zero-order valence-electron chi connectivity index (χ0n) is 13.2. The highest BCUT2D eigenvalue weighted by Crippen LogP contribution is 2.26. The standard InChI is InChI=1S/C16H31N3O/c1-3-7-18(8-4-2)9-5-6-16(20)19-12-14-10-17-11-15(14)13-19/h14-15,17H,3-13H2,1-2H3/t14-,15+. The van der Waals surface area contributed by atoms with E-state index in [9.17, 15) is 4.79 Å². The number of hydrogen-bond acceptors (Lipinski definition) is 3. The van der Waals surface area contributed by atoms with Gasteiger partial charge < -0.3 is 15.1 Å². The molecule has 4 nitrogen and oxygen atoms in total. The fraction of sp³-hybridized carbons (Fsp3) is 0.938. The van der Waals surface area contributed by atoms with Crippen LogP contribution >= 0.6 is 0 Å². The summed E-state index contributed by atoms with van der Waals surface area (Å²) < 4.78 is 0. The van der Waals surface area contributed by atoms with Gasteiger partial charge in [0.2, 0.25) is 5.91 Å². The second kappa shape index (κ2) is 7.99. The Hall–Kier alpha value is -0.610. The minimum absolute atomic E-state index is 0.382. The molecule has 0 unspecified atom stereocenters. The van der Waals surface area contributed by atoms with Gasteiger partial charge in [0, 0.05) is 32.6 Å². The Morgan fingerprint density at radius 3 is 2.25 bits per heavy atom. The van der Waals surface area contributed by atoms with E-state index in [2.05, 4.69) is 29.0 Å². The second-order valence-corrected chi connectivity index (χ2v) is 6.42. The largest absolute Gasteiger partial charge is 0.342 e. The van der Waals surface area contributed by atoms with Gasteiger partial charge in [-0.15, -0.1) is 0 Å². The molecule has 0 aromatic carbocycles. The third-order valence-electron chi connectivity index (χ3n) is 4.69. The third-order valence-corrected chi connectivity index (χ3v) is 4.69. The molecule has 0 spiro atoms. The van der Waals surface area contributed by atoms with E-state index in [1.165, 1.54) is 25.9 Å². The Morgan fingerprint density at radius 1 is 1.10 bits per heavy atom. The van der Waals surface area contributed by atoms with Crippen molar-refractivity contribution in [1.29, 1.82) is 0 Å². The number of nitrogens with zero attached hydrogens (tertiary/aromatic N) is 2. The average molecular weight is 281 g/mol. The Balaban J connectivity index is 1.65. The van der Waals surface area contributed by atoms with Gasteiger partial charge in [0.1, 0.15) is 0 Å². The molecule has 2 fully saturated rings. The molecule has 0 aromatic rings. The van der Waals surface area contributed by atoms with Crippen LogP contribution in [0.4, 0.5) is 0 Å². The molecule has 2 heterocycles. The van der Waals surface area contributed by atoms with Gasteiger partial charge in [0.25, 0.3) is 0 Å². The van der Waals surface area contributed by atoms with E-state index in [-0.39, 0.29) is 0 Å². The molecule has 4 heteroatoms. The summed E-state index contributed by atoms with van der Waals surface area (Å²) in [7, 11) is 0. The first-order chi connectivity index (χ1) is 9.74. The first kappa shape index (κ1) is 15.8. The molecular weight excluding hydrogens is 250 g/mol. The van der Waals surface area contributed by atoms with E-state index < -0.39 is 0 Å². The lowest BCUT2D eigenvalue weighted by Crippen LogP contribution is -2.33. The molecular formula is C16H31N3O. The first-order valence-electron chi connectivity index (χ1n) is 8.45. The van der Waals surface area contributed by atoms with Gasteiger partial charge in [-0.1, -0.05) is 13.8 Å². The van der Waals surface area contributed by atoms with Crippen molar-refractivity contribution < 1.29 is 4.79 Å². The molecule has 0 aliphatic carbocycles. The van der Waals surface area contributed by atoms with Crippen molar-refractivity contribution in [3.8, 4) is 0 Å². The Kier molecular flexibility index (Phi) is 6.30. The molecule has 1 N–H and O–H groups in total. The van der Waals surface area contributed by atoms with Crippen LogP contribution in [0.25, 0.3) is 0 Å². The summed E-state index contributed by atoms with van der Waals surface area (Å²) in [5.74, 6) is 1.82. The zero-order chi connectivity index (χ0) is 14.4. The van der Waals surface area contributed by atoms with Crippen molar-refractivity contribution in [2.75, 3.05) is 45.8 Å². The predicted octanol–water partition coefficient (Wildman–Crippen LogP) is 1.57. The molecule has 116 valence electrons. The molecule has 2 rings (SSSR count). The molecule has 2 aliphatic rings. The van der Waals surface area contributed by atoms with E-state index in [4.69, 9.17) is 0 Å². The van der Waals surface area contributed by atoms with Crippen LogP contribution in [-0.2, 0) is 4.79 Å². The summed E-state index contributed by atoms with van der Waals surface area (Å²) in [4.78, 5) is 16.9. The highest BCUT2D eigenvalue weighted by atomic mass is 16.2. The highest BCUT2D eigenvalue weighted by molar-refractivity contribution is 5.76. The Bertz CT molecular complexity index is 290. The monoisotopic (exact) mass is 281 g/mol. The van der Waals surface area contributed by atoms with Gasteiger partial charge >= 0.3 is 0 Å². The fourth-order valence-corrected chi connectivity index (χ4v) is 3.64. The molecule has 2 saturated heterocycles. The second-order valence-electron chi connectivity index (χ2n) is 6.42. The predicted molar refractivity (Wildman–Crippen MR) is 82.7 cm³/mol. The summed E-state index contributed by atoms with van der Waals surface area (Å²) in [5.41, 5.74) is 0. The van der Waals surface area contributed by atoms with Crippen LogP contribution < -0.4 is 5.32 Å². The van der Waals surface area contributed by atoms with Gasteiger partial charge in [0.05, 0.1) is 0 Å². The quantitative estimate of drug-likeness (QED) is 0.733. The van der Waals surface area contributed by atoms with Crippen molar-refractivity contribution in [2.24, 2.45) is 11.8 Å². The summed E-state index contributed by atoms with van der Waals surface area (Å²) in [6.07, 6.45) is 4.16. The van der Waals surface area contributed by atoms with Crippen molar-refractivity contribution in [3.05, 3.63) is 0 Å². The number of carbonyl (C=O) groups is 1. The third kappa shape index (κ3) is 4.19. The van der Waals surface area contributed by atoms with E-state index in [0.29, 0.717) is 5.91 Å². The maximum Gasteiger partial charge on any atom is 0.222 e. The summed E-state index contributed by atoms with van der Waals surface area (Å²) in [6, 6.07) is 0. The minimum Gasteiger partial charge on any atom is -0.342 e. The number of rotatable bonds is 8. The van der Waals surface area contributed by atoms with Crippen molar-refractivity contribution in [2.45, 2.75) is 39.5 Å². The molecule has 0 radical (unpaired) electrons. The normalized spacial score (nSPS) is 25.4. The number of hydrogen-bond donors (Lipinski definition) is 1. The topological polar surface area (TPSA) is 35.6 Å². The van der Waals surface area contributed by atoms with Gasteiger partial charge in [-0.3, -0.25) is 4.79 Å². The van der Waals surface area contributed by atoms with Gasteiger partial charge in [-0.05, 0) is 50.7 Å². The average Bonchev–Trinajstić information content (AvgIpc) is 2.99. The number of likely N-dealkylation sites (tertiary alicyclic amines) is 1. The lowest BCUT2D eigenvalue weighted by molar-refractivity contribution is -0.130. The van der Waals surface area contributed by atoms with Gasteiger partial charge in [0.15, 0.2) is 0 Å². The Labute approximate surface area is 123 Å². The fourth-order valence-electron chi connectivity index (χ4n) is 3.64. The van der Waals surface area contributed by atoms with Crippen LogP contribution in [-0.4, -0.2) is 61.5 Å². The minimum atomic E-state index is 0.382. The summed E-state index contributed by atoms with van der Waals surface area (Å²) in [5, 5.41) is 3.43. The molecule has 2 aliphatic heterocycles. The van der Waals surface area contributed by atoms with Crippen LogP contribution in [0.5, 0.6) is 0 Å². The van der Waals surface area contributed by atoms with E-state index in [0.717, 1.165) is 57.4 Å². The van der Waals surface area contributed by atoms with Gasteiger partial charge in [-0.25, -0.2) is 0 Å². The lowest BCUT2D eigenvalue weighted by atomic mass is 10.0. The van der Waals surface area contributed by atoms with Crippen LogP contribution in [0.1, 0.15) is 39.5 Å². The van der Waals surface area contributed by atoms with Crippen LogP contribution in [0.2, 0.25) is 0 Å². The van der Waals surface area contributed by atoms with Crippen LogP contribution in [0.15, 0.2) is 0 Å². The molecule has 1 amide bonds. The smallest absolute Gasteiger partial charge is 0.222 e. The number of fused-ring (bicyclic) bond motifs is 1. The molecule has 20 heavy (non-hydrogen) atoms. The van der Waals surface area contributed by atoms with E-state index in [1.54, 1.807) is 0 Å². The zero-order valence-corrected chi connectivity index (χ0v) is 13.2. The van der Waals surface area contributed by atoms with Gasteiger partial charge in [-0.2, -0.15) is 0 Å². The van der Waals surface area contributed by atoms with Crippen LogP contribution in [0.3, 0.4) is 0 Å². The molecule has 2 atom stereocenters. The lowest BCUT2D eigenvalue weighted by Gasteiger charge is -2.22. The number of amides is 1. The Morgan fingerprint density at radius 2 is 1.70 bits per heavy atom. The molecule has 0 saturated carbocycles. The van der Waals surface area contributed by atoms with Crippen molar-refractivity contribution >= 4 is 5.91 Å². The van der Waals surface area contributed by atoms with Crippen molar-refractivity contribution in [3.63, 3.8) is 0 Å². The van der Waals surface area contributed by atoms with E-state index in [1.807, 2.05) is 0 Å². The van der Waals surface area contributed by atoms with E-state index >= 15 is 0 Å². The number of nitrogens with one attached hydrogen (secondary N) is 1. The first-order valence-corrected chi connectivity index (χ1v) is 8.45. The highest BCUT2D eigenvalue weighted by Gasteiger charge is 2.37. The maximum atomic E-state index is 12.3. The SMILES string of the molecule is CCCN(CCC)CCCC(=O)N1C[C@H]2CNC[C@H]2C1. The number of carbonyl (C=O) groups excluding carboxylic acids is 1. The summed E-state index contributed by atoms with van der Waals surface area (Å²) >= 11 is 0. The van der Waals surface area contributed by atoms with Crippen LogP contribution in [0, 0.1) is 11.8 Å². The molecule has 0 bridgehead atoms. The van der Waals surface area contributed by atoms with Crippen molar-refractivity contribution in [1.82, 2.24) is 15.1 Å².